The molecule has 2 amide bonds. The van der Waals surface area contributed by atoms with Gasteiger partial charge in [-0.25, -0.2) is 19.3 Å². The quantitative estimate of drug-likeness (QED) is 0.615. The summed E-state index contributed by atoms with van der Waals surface area (Å²) in [6.07, 6.45) is -2.20. The molecule has 4 rings (SSSR count). The van der Waals surface area contributed by atoms with Gasteiger partial charge >= 0.3 is 12.2 Å². The SMILES string of the molecule is COc1ncc(NC(=O)N2C[C@@](C)(C(F)(F)F)c3c2cnc2cc(Cl)nn32)cc1Cl. The van der Waals surface area contributed by atoms with Crippen LogP contribution in [-0.2, 0) is 5.41 Å². The van der Waals surface area contributed by atoms with Crippen LogP contribution in [-0.4, -0.2) is 45.4 Å². The van der Waals surface area contributed by atoms with E-state index in [9.17, 15) is 18.0 Å². The lowest BCUT2D eigenvalue weighted by Gasteiger charge is -2.28. The Bertz CT molecular complexity index is 1170. The van der Waals surface area contributed by atoms with Gasteiger partial charge in [0.1, 0.15) is 10.4 Å². The number of nitrogens with one attached hydrogen (secondary N) is 1. The zero-order valence-corrected chi connectivity index (χ0v) is 17.0. The molecule has 3 aromatic rings. The van der Waals surface area contributed by atoms with Gasteiger partial charge in [0.2, 0.25) is 5.88 Å². The van der Waals surface area contributed by atoms with E-state index in [1.807, 2.05) is 0 Å². The largest absolute Gasteiger partial charge is 0.480 e. The fourth-order valence-corrected chi connectivity index (χ4v) is 3.74. The van der Waals surface area contributed by atoms with Gasteiger partial charge in [-0.2, -0.15) is 18.3 Å². The monoisotopic (exact) mass is 460 g/mol. The zero-order valence-electron chi connectivity index (χ0n) is 15.5. The van der Waals surface area contributed by atoms with Gasteiger partial charge in [0.05, 0.1) is 36.6 Å². The lowest BCUT2D eigenvalue weighted by molar-refractivity contribution is -0.181. The number of halogens is 5. The minimum absolute atomic E-state index is 0.0118. The van der Waals surface area contributed by atoms with Crippen molar-refractivity contribution >= 4 is 46.3 Å². The number of ether oxygens (including phenoxy) is 1. The Balaban J connectivity index is 1.77. The number of hydrogen-bond acceptors (Lipinski definition) is 5. The Hall–Kier alpha value is -2.79. The predicted octanol–water partition coefficient (Wildman–Crippen LogP) is 4.31. The molecule has 0 bridgehead atoms. The van der Waals surface area contributed by atoms with E-state index in [2.05, 4.69) is 20.4 Å². The topological polar surface area (TPSA) is 84.6 Å². The smallest absolute Gasteiger partial charge is 0.401 e. The Labute approximate surface area is 177 Å². The van der Waals surface area contributed by atoms with E-state index < -0.39 is 24.2 Å². The molecule has 0 spiro atoms. The summed E-state index contributed by atoms with van der Waals surface area (Å²) in [7, 11) is 1.38. The summed E-state index contributed by atoms with van der Waals surface area (Å²) < 4.78 is 48.1. The van der Waals surface area contributed by atoms with Crippen molar-refractivity contribution in [2.24, 2.45) is 0 Å². The van der Waals surface area contributed by atoms with Crippen molar-refractivity contribution in [1.82, 2.24) is 19.6 Å². The fraction of sp³-hybridized carbons (Fsp3) is 0.294. The van der Waals surface area contributed by atoms with Crippen LogP contribution in [0.5, 0.6) is 5.88 Å². The highest BCUT2D eigenvalue weighted by Gasteiger charge is 2.60. The second kappa shape index (κ2) is 6.88. The molecule has 3 aromatic heterocycles. The summed E-state index contributed by atoms with van der Waals surface area (Å²) >= 11 is 11.9. The van der Waals surface area contributed by atoms with Crippen LogP contribution in [0.3, 0.4) is 0 Å². The van der Waals surface area contributed by atoms with E-state index in [0.29, 0.717) is 0 Å². The normalized spacial score (nSPS) is 18.6. The van der Waals surface area contributed by atoms with Gasteiger partial charge in [-0.15, -0.1) is 0 Å². The standard InChI is InChI=1S/C17H13Cl2F3N6O2/c1-16(17(20,21)22)7-27(10-6-23-12-4-11(19)26-28(12)13(10)16)15(29)25-8-3-9(18)14(30-2)24-5-8/h3-6H,7H2,1-2H3,(H,25,29)/t16-/m1/s1. The first-order valence-corrected chi connectivity index (χ1v) is 9.20. The molecule has 1 aliphatic rings. The molecule has 0 saturated carbocycles. The molecule has 4 heterocycles. The maximum Gasteiger partial charge on any atom is 0.401 e. The van der Waals surface area contributed by atoms with Gasteiger partial charge in [0.25, 0.3) is 0 Å². The van der Waals surface area contributed by atoms with E-state index in [0.717, 1.165) is 16.3 Å². The molecule has 0 fully saturated rings. The number of methoxy groups -OCH3 is 1. The summed E-state index contributed by atoms with van der Waals surface area (Å²) in [5, 5.41) is 6.53. The highest BCUT2D eigenvalue weighted by Crippen LogP contribution is 2.50. The van der Waals surface area contributed by atoms with Gasteiger partial charge in [-0.1, -0.05) is 23.2 Å². The molecule has 30 heavy (non-hydrogen) atoms. The number of fused-ring (bicyclic) bond motifs is 3. The Kier molecular flexibility index (Phi) is 4.70. The third-order valence-electron chi connectivity index (χ3n) is 4.84. The molecule has 1 aliphatic heterocycles. The molecule has 1 N–H and O–H groups in total. The molecule has 0 unspecified atom stereocenters. The average molecular weight is 461 g/mol. The van der Waals surface area contributed by atoms with Crippen molar-refractivity contribution in [2.45, 2.75) is 18.5 Å². The van der Waals surface area contributed by atoms with E-state index >= 15 is 0 Å². The van der Waals surface area contributed by atoms with Gasteiger partial charge in [-0.05, 0) is 13.0 Å². The average Bonchev–Trinajstić information content (AvgIpc) is 3.19. The number of aromatic nitrogens is 4. The molecule has 0 aromatic carbocycles. The molecule has 8 nitrogen and oxygen atoms in total. The third kappa shape index (κ3) is 3.08. The lowest BCUT2D eigenvalue weighted by atomic mass is 9.88. The van der Waals surface area contributed by atoms with Crippen molar-refractivity contribution in [3.63, 3.8) is 0 Å². The van der Waals surface area contributed by atoms with Crippen LogP contribution in [0.1, 0.15) is 12.6 Å². The van der Waals surface area contributed by atoms with Gasteiger partial charge in [0.15, 0.2) is 10.8 Å². The van der Waals surface area contributed by atoms with Gasteiger partial charge in [0, 0.05) is 12.6 Å². The van der Waals surface area contributed by atoms with Crippen LogP contribution in [0.25, 0.3) is 5.65 Å². The summed E-state index contributed by atoms with van der Waals surface area (Å²) in [5.41, 5.74) is -2.33. The molecule has 158 valence electrons. The second-order valence-electron chi connectivity index (χ2n) is 6.79. The summed E-state index contributed by atoms with van der Waals surface area (Å²) in [4.78, 5) is 21.8. The number of nitrogens with zero attached hydrogens (tertiary/aromatic N) is 5. The number of urea groups is 1. The van der Waals surface area contributed by atoms with Crippen molar-refractivity contribution in [3.05, 3.63) is 40.4 Å². The second-order valence-corrected chi connectivity index (χ2v) is 7.58. The number of amides is 2. The number of alkyl halides is 3. The number of pyridine rings is 1. The molecule has 1 atom stereocenters. The number of carbonyl (C=O) groups excluding carboxylic acids is 1. The van der Waals surface area contributed by atoms with Crippen molar-refractivity contribution < 1.29 is 22.7 Å². The summed E-state index contributed by atoms with van der Waals surface area (Å²) in [6, 6.07) is 1.90. The summed E-state index contributed by atoms with van der Waals surface area (Å²) in [5.74, 6) is 0.146. The maximum atomic E-state index is 14.1. The van der Waals surface area contributed by atoms with Crippen LogP contribution in [0, 0.1) is 0 Å². The van der Waals surface area contributed by atoms with Gasteiger partial charge < -0.3 is 10.1 Å². The first-order valence-electron chi connectivity index (χ1n) is 8.44. The van der Waals surface area contributed by atoms with E-state index in [-0.39, 0.29) is 38.8 Å². The van der Waals surface area contributed by atoms with Crippen LogP contribution >= 0.6 is 23.2 Å². The minimum Gasteiger partial charge on any atom is -0.480 e. The van der Waals surface area contributed by atoms with Crippen LogP contribution < -0.4 is 15.0 Å². The number of rotatable bonds is 2. The Morgan fingerprint density at radius 1 is 1.27 bits per heavy atom. The maximum absolute atomic E-state index is 14.1. The minimum atomic E-state index is -4.67. The number of hydrogen-bond donors (Lipinski definition) is 1. The molecular formula is C17H13Cl2F3N6O2. The number of anilines is 2. The fourth-order valence-electron chi connectivity index (χ4n) is 3.33. The van der Waals surface area contributed by atoms with E-state index in [1.54, 1.807) is 0 Å². The van der Waals surface area contributed by atoms with Crippen molar-refractivity contribution in [1.29, 1.82) is 0 Å². The van der Waals surface area contributed by atoms with E-state index in [4.69, 9.17) is 27.9 Å². The number of carbonyl (C=O) groups is 1. The van der Waals surface area contributed by atoms with Crippen LogP contribution in [0.15, 0.2) is 24.5 Å². The van der Waals surface area contributed by atoms with Gasteiger partial charge in [-0.3, -0.25) is 4.90 Å². The predicted molar refractivity (Wildman–Crippen MR) is 104 cm³/mol. The highest BCUT2D eigenvalue weighted by atomic mass is 35.5. The third-order valence-corrected chi connectivity index (χ3v) is 5.30. The highest BCUT2D eigenvalue weighted by molar-refractivity contribution is 6.32. The molecular weight excluding hydrogens is 448 g/mol. The molecule has 13 heteroatoms. The Morgan fingerprint density at radius 2 is 2.00 bits per heavy atom. The first kappa shape index (κ1) is 20.5. The van der Waals surface area contributed by atoms with Crippen LogP contribution in [0.2, 0.25) is 10.2 Å². The molecule has 0 saturated heterocycles. The molecule has 0 aliphatic carbocycles. The van der Waals surface area contributed by atoms with Crippen LogP contribution in [0.4, 0.5) is 29.3 Å². The van der Waals surface area contributed by atoms with E-state index in [1.165, 1.54) is 31.6 Å². The van der Waals surface area contributed by atoms with Crippen molar-refractivity contribution in [3.8, 4) is 5.88 Å². The summed E-state index contributed by atoms with van der Waals surface area (Å²) in [6.45, 7) is 0.327. The first-order chi connectivity index (χ1) is 14.0. The lowest BCUT2D eigenvalue weighted by Crippen LogP contribution is -2.46. The van der Waals surface area contributed by atoms with Crippen molar-refractivity contribution in [2.75, 3.05) is 23.9 Å². The molecule has 0 radical (unpaired) electrons. The Morgan fingerprint density at radius 3 is 2.63 bits per heavy atom. The zero-order chi connectivity index (χ0) is 21.8.